The molecule has 0 aliphatic carbocycles. The zero-order chi connectivity index (χ0) is 50.4. The molecule has 12 nitrogen and oxygen atoms in total. The van der Waals surface area contributed by atoms with E-state index in [0.29, 0.717) is 0 Å². The predicted octanol–water partition coefficient (Wildman–Crippen LogP) is 12.0. The first-order valence-electron chi connectivity index (χ1n) is 24.4. The highest BCUT2D eigenvalue weighted by Crippen LogP contribution is 2.38. The number of nitrogens with one attached hydrogen (secondary N) is 3. The van der Waals surface area contributed by atoms with Crippen molar-refractivity contribution < 1.29 is 28.6 Å². The fourth-order valence-corrected chi connectivity index (χ4v) is 10.5. The second-order valence-corrected chi connectivity index (χ2v) is 18.4. The molecule has 3 N–H and O–H groups in total. The average Bonchev–Trinajstić information content (AvgIpc) is 3.45. The first kappa shape index (κ1) is 44.7. The molecule has 13 aromatic carbocycles. The summed E-state index contributed by atoms with van der Waals surface area (Å²) >= 11 is 0. The quantitative estimate of drug-likeness (QED) is 0.0528. The molecule has 0 saturated heterocycles. The van der Waals surface area contributed by atoms with Crippen LogP contribution in [0.3, 0.4) is 0 Å². The average molecular weight is 979 g/mol. The molecule has 13 rings (SSSR count). The molecule has 0 saturated carbocycles. The number of hydrazone groups is 3. The van der Waals surface area contributed by atoms with Gasteiger partial charge in [-0.05, 0) is 97.0 Å². The van der Waals surface area contributed by atoms with Crippen LogP contribution in [0, 0.1) is 0 Å². The Morgan fingerprint density at radius 3 is 0.840 bits per heavy atom. The van der Waals surface area contributed by atoms with Gasteiger partial charge >= 0.3 is 0 Å². The number of benzene rings is 13. The Balaban J connectivity index is 0.689. The van der Waals surface area contributed by atoms with E-state index in [2.05, 4.69) is 159 Å². The second-order valence-electron chi connectivity index (χ2n) is 18.4. The molecule has 360 valence electrons. The topological polar surface area (TPSA) is 152 Å². The van der Waals surface area contributed by atoms with Gasteiger partial charge in [0.2, 0.25) is 0 Å². The number of rotatable bonds is 15. The van der Waals surface area contributed by atoms with Crippen LogP contribution in [0.15, 0.2) is 197 Å². The van der Waals surface area contributed by atoms with Crippen LogP contribution in [0.2, 0.25) is 0 Å². The fourth-order valence-electron chi connectivity index (χ4n) is 10.5. The van der Waals surface area contributed by atoms with Crippen LogP contribution in [0.1, 0.15) is 16.7 Å². The van der Waals surface area contributed by atoms with Crippen molar-refractivity contribution in [2.45, 2.75) is 0 Å². The molecule has 0 radical (unpaired) electrons. The minimum atomic E-state index is -0.526. The van der Waals surface area contributed by atoms with E-state index < -0.39 is 37.5 Å². The Bertz CT molecular complexity index is 3980. The van der Waals surface area contributed by atoms with Crippen LogP contribution >= 0.6 is 0 Å². The van der Waals surface area contributed by atoms with E-state index in [1.54, 1.807) is 18.6 Å². The van der Waals surface area contributed by atoms with Gasteiger partial charge in [-0.3, -0.25) is 14.4 Å². The van der Waals surface area contributed by atoms with Crippen molar-refractivity contribution in [2.75, 3.05) is 19.8 Å². The molecule has 3 amide bonds. The molecule has 0 atom stereocenters. The SMILES string of the molecule is O=C(COc1cc(OCC(=O)N/N=C/c2ccc3ccc4cccc5ccc2c3c45)cc(OCC(=O)N/N=C/c2ccc3ccc4cccc5ccc2c3c45)c1)N/N=C/c1ccc2ccc3cccc4ccc1c2c34. The number of hydrogen-bond donors (Lipinski definition) is 3. The Morgan fingerprint density at radius 1 is 0.320 bits per heavy atom. The lowest BCUT2D eigenvalue weighted by molar-refractivity contribution is -0.123. The minimum Gasteiger partial charge on any atom is -0.483 e. The minimum absolute atomic E-state index is 0.174. The molecule has 0 unspecified atom stereocenters. The predicted molar refractivity (Wildman–Crippen MR) is 301 cm³/mol. The van der Waals surface area contributed by atoms with Gasteiger partial charge in [-0.25, -0.2) is 16.3 Å². The summed E-state index contributed by atoms with van der Waals surface area (Å²) in [5.41, 5.74) is 10.2. The van der Waals surface area contributed by atoms with Gasteiger partial charge in [-0.1, -0.05) is 164 Å². The highest BCUT2D eigenvalue weighted by Gasteiger charge is 2.15. The zero-order valence-electron chi connectivity index (χ0n) is 40.0. The highest BCUT2D eigenvalue weighted by molar-refractivity contribution is 6.28. The third kappa shape index (κ3) is 8.45. The highest BCUT2D eigenvalue weighted by atomic mass is 16.5. The maximum Gasteiger partial charge on any atom is 0.277 e. The number of carbonyl (C=O) groups is 3. The first-order valence-corrected chi connectivity index (χ1v) is 24.4. The van der Waals surface area contributed by atoms with Crippen molar-refractivity contribution in [2.24, 2.45) is 15.3 Å². The lowest BCUT2D eigenvalue weighted by atomic mass is 9.92. The van der Waals surface area contributed by atoms with E-state index in [1.165, 1.54) is 34.4 Å². The summed E-state index contributed by atoms with van der Waals surface area (Å²) in [5.74, 6) is -1.06. The van der Waals surface area contributed by atoms with E-state index in [1.807, 2.05) is 36.4 Å². The largest absolute Gasteiger partial charge is 0.483 e. The molecule has 0 aromatic heterocycles. The van der Waals surface area contributed by atoms with Gasteiger partial charge < -0.3 is 14.2 Å². The van der Waals surface area contributed by atoms with Gasteiger partial charge in [0.25, 0.3) is 17.7 Å². The Hall–Kier alpha value is -10.2. The summed E-state index contributed by atoms with van der Waals surface area (Å²) in [7, 11) is 0. The van der Waals surface area contributed by atoms with Crippen LogP contribution in [-0.2, 0) is 14.4 Å². The standard InChI is InChI=1S/C63H42N6O6/c70-55(67-64-31-46-19-16-43-13-10-37-4-1-7-40-22-25-52(46)61(43)58(37)40)34-73-49-28-50(74-35-56(71)68-65-32-47-20-17-44-14-11-38-5-2-8-41-23-26-53(47)62(44)59(38)41)30-51(29-49)75-36-57(72)69-66-33-48-21-18-45-15-12-39-6-3-9-42-24-27-54(48)63(45)60(39)42/h1-33H,34-36H2,(H,67,70)(H,68,71)(H,69,72)/b64-31+,65-32+,66-33+. The van der Waals surface area contributed by atoms with E-state index >= 15 is 0 Å². The maximum atomic E-state index is 13.1. The van der Waals surface area contributed by atoms with Crippen LogP contribution in [0.4, 0.5) is 0 Å². The number of carbonyl (C=O) groups excluding carboxylic acids is 3. The lowest BCUT2D eigenvalue weighted by Gasteiger charge is -2.13. The fraction of sp³-hybridized carbons (Fsp3) is 0.0476. The number of ether oxygens (including phenoxy) is 3. The van der Waals surface area contributed by atoms with Gasteiger partial charge in [-0.2, -0.15) is 15.3 Å². The van der Waals surface area contributed by atoms with Crippen LogP contribution in [-0.4, -0.2) is 56.2 Å². The molecule has 75 heavy (non-hydrogen) atoms. The summed E-state index contributed by atoms with van der Waals surface area (Å²) in [6.45, 7) is -1.26. The van der Waals surface area contributed by atoms with E-state index in [0.717, 1.165) is 97.5 Å². The van der Waals surface area contributed by atoms with Crippen molar-refractivity contribution in [3.8, 4) is 17.2 Å². The van der Waals surface area contributed by atoms with Crippen molar-refractivity contribution in [1.82, 2.24) is 16.3 Å². The summed E-state index contributed by atoms with van der Waals surface area (Å²) in [6.07, 6.45) is 4.85. The second kappa shape index (κ2) is 18.8. The summed E-state index contributed by atoms with van der Waals surface area (Å²) in [5, 5.41) is 33.1. The van der Waals surface area contributed by atoms with Crippen LogP contribution < -0.4 is 30.5 Å². The summed E-state index contributed by atoms with van der Waals surface area (Å²) in [4.78, 5) is 39.4. The third-order valence-corrected chi connectivity index (χ3v) is 13.8. The lowest BCUT2D eigenvalue weighted by Crippen LogP contribution is -2.25. The summed E-state index contributed by atoms with van der Waals surface area (Å²) < 4.78 is 17.7. The molecular weight excluding hydrogens is 937 g/mol. The third-order valence-electron chi connectivity index (χ3n) is 13.8. The molecule has 0 spiro atoms. The van der Waals surface area contributed by atoms with Crippen LogP contribution in [0.5, 0.6) is 17.2 Å². The van der Waals surface area contributed by atoms with Crippen LogP contribution in [0.25, 0.3) is 97.0 Å². The van der Waals surface area contributed by atoms with Gasteiger partial charge in [-0.15, -0.1) is 0 Å². The normalized spacial score (nSPS) is 12.2. The molecule has 0 aliphatic heterocycles. The molecule has 0 aliphatic rings. The maximum absolute atomic E-state index is 13.1. The Morgan fingerprint density at radius 2 is 0.560 bits per heavy atom. The van der Waals surface area contributed by atoms with Crippen molar-refractivity contribution in [1.29, 1.82) is 0 Å². The van der Waals surface area contributed by atoms with Gasteiger partial charge in [0.15, 0.2) is 19.8 Å². The molecule has 0 heterocycles. The van der Waals surface area contributed by atoms with Crippen molar-refractivity contribution >= 4 is 133 Å². The van der Waals surface area contributed by atoms with Gasteiger partial charge in [0.05, 0.1) is 18.6 Å². The monoisotopic (exact) mass is 978 g/mol. The van der Waals surface area contributed by atoms with Crippen molar-refractivity contribution in [3.63, 3.8) is 0 Å². The first-order chi connectivity index (χ1) is 36.9. The molecule has 0 fully saturated rings. The van der Waals surface area contributed by atoms with Gasteiger partial charge in [0, 0.05) is 34.9 Å². The Labute approximate surface area is 427 Å². The van der Waals surface area contributed by atoms with E-state index in [4.69, 9.17) is 14.2 Å². The number of nitrogens with zero attached hydrogens (tertiary/aromatic N) is 3. The number of hydrogen-bond acceptors (Lipinski definition) is 9. The molecule has 0 bridgehead atoms. The molecule has 12 heteroatoms. The molecular formula is C63H42N6O6. The van der Waals surface area contributed by atoms with E-state index in [9.17, 15) is 14.4 Å². The smallest absolute Gasteiger partial charge is 0.277 e. The zero-order valence-corrected chi connectivity index (χ0v) is 40.0. The number of amides is 3. The van der Waals surface area contributed by atoms with Gasteiger partial charge in [0.1, 0.15) is 17.2 Å². The van der Waals surface area contributed by atoms with E-state index in [-0.39, 0.29) is 17.2 Å². The summed E-state index contributed by atoms with van der Waals surface area (Å²) in [6, 6.07) is 60.6. The van der Waals surface area contributed by atoms with Crippen molar-refractivity contribution in [3.05, 3.63) is 199 Å². The Kier molecular flexibility index (Phi) is 11.2. The molecule has 13 aromatic rings.